The number of nitrogens with zero attached hydrogens (tertiary/aromatic N) is 1. The van der Waals surface area contributed by atoms with Crippen LogP contribution in [-0.2, 0) is 5.41 Å². The Morgan fingerprint density at radius 1 is 1.70 bits per heavy atom. The van der Waals surface area contributed by atoms with Crippen molar-refractivity contribution < 1.29 is 0 Å². The van der Waals surface area contributed by atoms with Crippen LogP contribution in [-0.4, -0.2) is 16.7 Å². The summed E-state index contributed by atoms with van der Waals surface area (Å²) in [6.07, 6.45) is 1.81. The number of aromatic nitrogens is 2. The van der Waals surface area contributed by atoms with Gasteiger partial charge in [-0.05, 0) is 6.07 Å². The van der Waals surface area contributed by atoms with Crippen LogP contribution >= 0.6 is 0 Å². The third-order valence-corrected chi connectivity index (χ3v) is 1.70. The van der Waals surface area contributed by atoms with E-state index in [4.69, 9.17) is 5.73 Å². The molecular weight excluding hydrogens is 126 g/mol. The quantitative estimate of drug-likeness (QED) is 0.632. The molecule has 10 heavy (non-hydrogen) atoms. The molecule has 56 valence electrons. The van der Waals surface area contributed by atoms with Gasteiger partial charge in [0, 0.05) is 18.2 Å². The first-order chi connectivity index (χ1) is 4.67. The van der Waals surface area contributed by atoms with Crippen LogP contribution in [0.5, 0.6) is 0 Å². The van der Waals surface area contributed by atoms with Gasteiger partial charge >= 0.3 is 0 Å². The molecule has 0 aliphatic rings. The van der Waals surface area contributed by atoms with Crippen molar-refractivity contribution in [3.05, 3.63) is 18.0 Å². The van der Waals surface area contributed by atoms with Gasteiger partial charge in [0.2, 0.25) is 0 Å². The number of hydrogen-bond acceptors (Lipinski definition) is 2. The van der Waals surface area contributed by atoms with Gasteiger partial charge in [-0.3, -0.25) is 5.10 Å². The van der Waals surface area contributed by atoms with E-state index in [0.29, 0.717) is 6.54 Å². The molecular formula is C7H13N3. The lowest BCUT2D eigenvalue weighted by atomic mass is 9.90. The number of hydrogen-bond donors (Lipinski definition) is 2. The highest BCUT2D eigenvalue weighted by Gasteiger charge is 2.19. The molecule has 0 aliphatic carbocycles. The minimum atomic E-state index is -0.000000000000000222. The fourth-order valence-electron chi connectivity index (χ4n) is 0.742. The van der Waals surface area contributed by atoms with E-state index in [1.165, 1.54) is 0 Å². The maximum atomic E-state index is 5.54. The van der Waals surface area contributed by atoms with Crippen molar-refractivity contribution in [2.24, 2.45) is 5.73 Å². The van der Waals surface area contributed by atoms with E-state index in [9.17, 15) is 0 Å². The summed E-state index contributed by atoms with van der Waals surface area (Å²) in [6.45, 7) is 4.77. The highest BCUT2D eigenvalue weighted by atomic mass is 15.1. The molecule has 3 N–H and O–H groups in total. The predicted octanol–water partition coefficient (Wildman–Crippen LogP) is 0.646. The van der Waals surface area contributed by atoms with Gasteiger partial charge in [0.1, 0.15) is 0 Å². The lowest BCUT2D eigenvalue weighted by Crippen LogP contribution is -2.28. The Morgan fingerprint density at radius 2 is 2.40 bits per heavy atom. The molecule has 1 aromatic heterocycles. The molecule has 0 radical (unpaired) electrons. The van der Waals surface area contributed by atoms with Crippen LogP contribution in [0.3, 0.4) is 0 Å². The van der Waals surface area contributed by atoms with Crippen LogP contribution in [0.15, 0.2) is 12.3 Å². The Kier molecular flexibility index (Phi) is 1.76. The van der Waals surface area contributed by atoms with E-state index in [2.05, 4.69) is 24.0 Å². The van der Waals surface area contributed by atoms with Crippen LogP contribution in [0, 0.1) is 0 Å². The van der Waals surface area contributed by atoms with Gasteiger partial charge < -0.3 is 5.73 Å². The fraction of sp³-hybridized carbons (Fsp3) is 0.571. The summed E-state index contributed by atoms with van der Waals surface area (Å²) >= 11 is 0. The second-order valence-corrected chi connectivity index (χ2v) is 3.05. The van der Waals surface area contributed by atoms with Crippen molar-refractivity contribution in [3.8, 4) is 0 Å². The van der Waals surface area contributed by atoms with Crippen molar-refractivity contribution in [1.29, 1.82) is 0 Å². The van der Waals surface area contributed by atoms with E-state index in [0.717, 1.165) is 5.69 Å². The minimum Gasteiger partial charge on any atom is -0.330 e. The summed E-state index contributed by atoms with van der Waals surface area (Å²) in [6, 6.07) is 1.95. The Labute approximate surface area is 60.6 Å². The highest BCUT2D eigenvalue weighted by molar-refractivity contribution is 5.11. The zero-order valence-corrected chi connectivity index (χ0v) is 6.39. The molecule has 3 heteroatoms. The molecule has 1 rings (SSSR count). The van der Waals surface area contributed by atoms with Crippen molar-refractivity contribution >= 4 is 0 Å². The monoisotopic (exact) mass is 139 g/mol. The number of H-pyrrole nitrogens is 1. The molecule has 0 fully saturated rings. The number of aromatic amines is 1. The maximum Gasteiger partial charge on any atom is 0.0690 e. The zero-order valence-electron chi connectivity index (χ0n) is 6.39. The summed E-state index contributed by atoms with van der Waals surface area (Å²) in [5, 5.41) is 6.82. The third-order valence-electron chi connectivity index (χ3n) is 1.70. The Morgan fingerprint density at radius 3 is 2.80 bits per heavy atom. The smallest absolute Gasteiger partial charge is 0.0690 e. The topological polar surface area (TPSA) is 54.7 Å². The zero-order chi connectivity index (χ0) is 7.61. The Bertz CT molecular complexity index is 189. The van der Waals surface area contributed by atoms with Crippen molar-refractivity contribution in [1.82, 2.24) is 10.2 Å². The molecule has 0 saturated heterocycles. The van der Waals surface area contributed by atoms with E-state index < -0.39 is 0 Å². The van der Waals surface area contributed by atoms with Crippen LogP contribution in [0.25, 0.3) is 0 Å². The molecule has 0 aliphatic heterocycles. The second kappa shape index (κ2) is 2.42. The number of nitrogens with two attached hydrogens (primary N) is 1. The van der Waals surface area contributed by atoms with Gasteiger partial charge in [-0.25, -0.2) is 0 Å². The summed E-state index contributed by atoms with van der Waals surface area (Å²) in [7, 11) is 0. The molecule has 1 aromatic rings. The van der Waals surface area contributed by atoms with Crippen molar-refractivity contribution in [3.63, 3.8) is 0 Å². The number of rotatable bonds is 2. The molecule has 0 unspecified atom stereocenters. The molecule has 0 spiro atoms. The molecule has 0 saturated carbocycles. The summed E-state index contributed by atoms with van der Waals surface area (Å²) < 4.78 is 0. The van der Waals surface area contributed by atoms with Gasteiger partial charge in [0.15, 0.2) is 0 Å². The largest absolute Gasteiger partial charge is 0.330 e. The summed E-state index contributed by atoms with van der Waals surface area (Å²) in [5.74, 6) is 0. The molecule has 0 amide bonds. The Hall–Kier alpha value is -0.830. The average Bonchev–Trinajstić information content (AvgIpc) is 2.38. The van der Waals surface area contributed by atoms with Gasteiger partial charge in [-0.15, -0.1) is 0 Å². The molecule has 0 bridgehead atoms. The van der Waals surface area contributed by atoms with Gasteiger partial charge in [0.05, 0.1) is 5.69 Å². The predicted molar refractivity (Wildman–Crippen MR) is 40.7 cm³/mol. The van der Waals surface area contributed by atoms with Crippen LogP contribution in [0.2, 0.25) is 0 Å². The lowest BCUT2D eigenvalue weighted by molar-refractivity contribution is 0.520. The normalized spacial score (nSPS) is 11.9. The Balaban J connectivity index is 2.85. The molecule has 1 heterocycles. The van der Waals surface area contributed by atoms with Gasteiger partial charge in [-0.2, -0.15) is 5.10 Å². The van der Waals surface area contributed by atoms with Crippen LogP contribution in [0.1, 0.15) is 19.5 Å². The lowest BCUT2D eigenvalue weighted by Gasteiger charge is -2.18. The summed E-state index contributed by atoms with van der Waals surface area (Å²) in [4.78, 5) is 0. The van der Waals surface area contributed by atoms with Crippen LogP contribution in [0.4, 0.5) is 0 Å². The maximum absolute atomic E-state index is 5.54. The van der Waals surface area contributed by atoms with Crippen molar-refractivity contribution in [2.45, 2.75) is 19.3 Å². The van der Waals surface area contributed by atoms with Gasteiger partial charge in [0.25, 0.3) is 0 Å². The molecule has 3 nitrogen and oxygen atoms in total. The van der Waals surface area contributed by atoms with Crippen LogP contribution < -0.4 is 5.73 Å². The van der Waals surface area contributed by atoms with E-state index >= 15 is 0 Å². The first-order valence-electron chi connectivity index (χ1n) is 3.37. The average molecular weight is 139 g/mol. The van der Waals surface area contributed by atoms with Crippen molar-refractivity contribution in [2.75, 3.05) is 6.54 Å². The second-order valence-electron chi connectivity index (χ2n) is 3.05. The van der Waals surface area contributed by atoms with E-state index in [-0.39, 0.29) is 5.41 Å². The summed E-state index contributed by atoms with van der Waals surface area (Å²) in [5.41, 5.74) is 6.57. The first-order valence-corrected chi connectivity index (χ1v) is 3.37. The minimum absolute atomic E-state index is 0.000000000000000222. The highest BCUT2D eigenvalue weighted by Crippen LogP contribution is 2.17. The molecule has 0 atom stereocenters. The molecule has 0 aromatic carbocycles. The fourth-order valence-corrected chi connectivity index (χ4v) is 0.742. The third kappa shape index (κ3) is 1.19. The van der Waals surface area contributed by atoms with E-state index in [1.54, 1.807) is 0 Å². The SMILES string of the molecule is CC(C)(CN)c1cc[nH]n1. The van der Waals surface area contributed by atoms with Gasteiger partial charge in [-0.1, -0.05) is 13.8 Å². The first kappa shape index (κ1) is 7.28. The van der Waals surface area contributed by atoms with E-state index in [1.807, 2.05) is 12.3 Å². The number of nitrogens with one attached hydrogen (secondary N) is 1. The standard InChI is InChI=1S/C7H13N3/c1-7(2,5-8)6-3-4-9-10-6/h3-4H,5,8H2,1-2H3,(H,9,10).